The van der Waals surface area contributed by atoms with Gasteiger partial charge < -0.3 is 14.6 Å². The first-order valence-corrected chi connectivity index (χ1v) is 21.2. The van der Waals surface area contributed by atoms with Crippen molar-refractivity contribution in [2.45, 2.75) is 238 Å². The molecule has 0 aliphatic heterocycles. The van der Waals surface area contributed by atoms with Gasteiger partial charge in [0.05, 0.1) is 6.61 Å². The molecule has 0 unspecified atom stereocenters. The minimum atomic E-state index is -0.769. The highest BCUT2D eigenvalue weighted by Gasteiger charge is 2.16. The Morgan fingerprint density at radius 3 is 1.12 bits per heavy atom. The molecule has 0 saturated heterocycles. The van der Waals surface area contributed by atoms with Gasteiger partial charge in [-0.1, -0.05) is 193 Å². The number of carbonyl (C=O) groups is 2. The van der Waals surface area contributed by atoms with E-state index in [1.807, 2.05) is 0 Å². The van der Waals surface area contributed by atoms with Crippen molar-refractivity contribution in [3.05, 3.63) is 12.2 Å². The first kappa shape index (κ1) is 46.6. The first-order valence-electron chi connectivity index (χ1n) is 21.2. The Kier molecular flexibility index (Phi) is 38.9. The SMILES string of the molecule is CCCCCCCC/C=C\CCCCCCCC(=O)O[C@@H](CO)COC(=O)CCCCCCCCCCCCCCCCCCCCC. The van der Waals surface area contributed by atoms with Gasteiger partial charge in [-0.3, -0.25) is 9.59 Å². The topological polar surface area (TPSA) is 72.8 Å². The van der Waals surface area contributed by atoms with E-state index < -0.39 is 6.10 Å². The van der Waals surface area contributed by atoms with Crippen LogP contribution in [0.1, 0.15) is 232 Å². The molecule has 5 nitrogen and oxygen atoms in total. The summed E-state index contributed by atoms with van der Waals surface area (Å²) < 4.78 is 10.6. The molecule has 0 spiro atoms. The predicted octanol–water partition coefficient (Wildman–Crippen LogP) is 13.3. The van der Waals surface area contributed by atoms with Crippen LogP contribution in [0.15, 0.2) is 12.2 Å². The largest absolute Gasteiger partial charge is 0.462 e. The fourth-order valence-corrected chi connectivity index (χ4v) is 6.31. The van der Waals surface area contributed by atoms with Crippen molar-refractivity contribution in [2.75, 3.05) is 13.2 Å². The van der Waals surface area contributed by atoms with E-state index in [9.17, 15) is 14.7 Å². The Balaban J connectivity index is 3.49. The van der Waals surface area contributed by atoms with Crippen molar-refractivity contribution in [2.24, 2.45) is 0 Å². The van der Waals surface area contributed by atoms with Crippen LogP contribution < -0.4 is 0 Å². The van der Waals surface area contributed by atoms with E-state index in [1.165, 1.54) is 167 Å². The Labute approximate surface area is 299 Å². The summed E-state index contributed by atoms with van der Waals surface area (Å²) in [5.41, 5.74) is 0. The normalized spacial score (nSPS) is 12.1. The molecular weight excluding hydrogens is 596 g/mol. The number of carbonyl (C=O) groups excluding carboxylic acids is 2. The van der Waals surface area contributed by atoms with Gasteiger partial charge in [-0.15, -0.1) is 0 Å². The Morgan fingerprint density at radius 1 is 0.458 bits per heavy atom. The van der Waals surface area contributed by atoms with Gasteiger partial charge in [0.1, 0.15) is 6.61 Å². The van der Waals surface area contributed by atoms with E-state index in [0.717, 1.165) is 38.5 Å². The number of rotatable bonds is 39. The lowest BCUT2D eigenvalue weighted by molar-refractivity contribution is -0.161. The monoisotopic (exact) mass is 679 g/mol. The van der Waals surface area contributed by atoms with E-state index in [2.05, 4.69) is 26.0 Å². The molecule has 1 N–H and O–H groups in total. The summed E-state index contributed by atoms with van der Waals surface area (Å²) in [5.74, 6) is -0.588. The lowest BCUT2D eigenvalue weighted by Gasteiger charge is -2.15. The molecule has 0 aliphatic rings. The van der Waals surface area contributed by atoms with Gasteiger partial charge in [-0.05, 0) is 38.5 Å². The van der Waals surface area contributed by atoms with E-state index in [4.69, 9.17) is 9.47 Å². The predicted molar refractivity (Wildman–Crippen MR) is 205 cm³/mol. The number of hydrogen-bond acceptors (Lipinski definition) is 5. The van der Waals surface area contributed by atoms with Crippen LogP contribution in [-0.4, -0.2) is 36.4 Å². The van der Waals surface area contributed by atoms with Crippen LogP contribution in [0.3, 0.4) is 0 Å². The number of esters is 2. The molecule has 0 aromatic rings. The van der Waals surface area contributed by atoms with Gasteiger partial charge in [0.15, 0.2) is 6.10 Å². The third-order valence-electron chi connectivity index (χ3n) is 9.56. The van der Waals surface area contributed by atoms with Crippen molar-refractivity contribution < 1.29 is 24.2 Å². The molecule has 0 fully saturated rings. The molecule has 0 aliphatic carbocycles. The number of hydrogen-bond donors (Lipinski definition) is 1. The maximum Gasteiger partial charge on any atom is 0.306 e. The molecule has 0 amide bonds. The Hall–Kier alpha value is -1.36. The third kappa shape index (κ3) is 37.5. The molecule has 1 atom stereocenters. The summed E-state index contributed by atoms with van der Waals surface area (Å²) in [6.45, 7) is 4.15. The molecule has 5 heteroatoms. The minimum absolute atomic E-state index is 0.0629. The van der Waals surface area contributed by atoms with Gasteiger partial charge in [0.25, 0.3) is 0 Å². The number of unbranched alkanes of at least 4 members (excludes halogenated alkanes) is 29. The number of ether oxygens (including phenoxy) is 2. The van der Waals surface area contributed by atoms with Gasteiger partial charge in [-0.2, -0.15) is 0 Å². The van der Waals surface area contributed by atoms with Gasteiger partial charge in [0.2, 0.25) is 0 Å². The Bertz CT molecular complexity index is 691. The van der Waals surface area contributed by atoms with E-state index in [1.54, 1.807) is 0 Å². The summed E-state index contributed by atoms with van der Waals surface area (Å²) in [6.07, 6.45) is 45.6. The maximum atomic E-state index is 12.2. The van der Waals surface area contributed by atoms with Crippen LogP contribution in [0.4, 0.5) is 0 Å². The van der Waals surface area contributed by atoms with Crippen LogP contribution in [0.2, 0.25) is 0 Å². The molecule has 0 radical (unpaired) electrons. The fourth-order valence-electron chi connectivity index (χ4n) is 6.31. The highest BCUT2D eigenvalue weighted by Crippen LogP contribution is 2.15. The highest BCUT2D eigenvalue weighted by molar-refractivity contribution is 5.70. The minimum Gasteiger partial charge on any atom is -0.462 e. The molecule has 48 heavy (non-hydrogen) atoms. The fraction of sp³-hybridized carbons (Fsp3) is 0.907. The highest BCUT2D eigenvalue weighted by atomic mass is 16.6. The summed E-state index contributed by atoms with van der Waals surface area (Å²) >= 11 is 0. The molecule has 0 aromatic carbocycles. The Morgan fingerprint density at radius 2 is 0.771 bits per heavy atom. The molecule has 0 bridgehead atoms. The molecule has 284 valence electrons. The zero-order valence-electron chi connectivity index (χ0n) is 32.3. The van der Waals surface area contributed by atoms with Crippen molar-refractivity contribution in [1.29, 1.82) is 0 Å². The zero-order valence-corrected chi connectivity index (χ0v) is 32.3. The smallest absolute Gasteiger partial charge is 0.306 e. The van der Waals surface area contributed by atoms with Crippen molar-refractivity contribution in [3.63, 3.8) is 0 Å². The van der Waals surface area contributed by atoms with E-state index in [-0.39, 0.29) is 25.2 Å². The summed E-state index contributed by atoms with van der Waals surface area (Å²) in [5, 5.41) is 9.56. The average molecular weight is 679 g/mol. The number of aliphatic hydroxyl groups is 1. The quantitative estimate of drug-likeness (QED) is 0.0398. The van der Waals surface area contributed by atoms with Crippen molar-refractivity contribution in [1.82, 2.24) is 0 Å². The second kappa shape index (κ2) is 40.1. The van der Waals surface area contributed by atoms with Gasteiger partial charge in [-0.25, -0.2) is 0 Å². The van der Waals surface area contributed by atoms with E-state index >= 15 is 0 Å². The summed E-state index contributed by atoms with van der Waals surface area (Å²) in [6, 6.07) is 0. The van der Waals surface area contributed by atoms with Crippen LogP contribution in [-0.2, 0) is 19.1 Å². The standard InChI is InChI=1S/C43H82O5/c1-3-5-7-9-11-13-15-17-19-20-21-22-24-25-27-29-31-33-35-37-42(45)47-40-41(39-44)48-43(46)38-36-34-32-30-28-26-23-18-16-14-12-10-8-6-4-2/h18,23,41,44H,3-17,19-22,24-40H2,1-2H3/b23-18-/t41-/m0/s1. The zero-order chi connectivity index (χ0) is 35.0. The molecule has 0 rings (SSSR count). The molecular formula is C43H82O5. The van der Waals surface area contributed by atoms with Crippen LogP contribution >= 0.6 is 0 Å². The molecule has 0 saturated carbocycles. The summed E-state index contributed by atoms with van der Waals surface area (Å²) in [4.78, 5) is 24.3. The van der Waals surface area contributed by atoms with Crippen molar-refractivity contribution in [3.8, 4) is 0 Å². The van der Waals surface area contributed by atoms with Crippen molar-refractivity contribution >= 4 is 11.9 Å². The van der Waals surface area contributed by atoms with Crippen LogP contribution in [0.5, 0.6) is 0 Å². The average Bonchev–Trinajstić information content (AvgIpc) is 3.09. The number of aliphatic hydroxyl groups excluding tert-OH is 1. The van der Waals surface area contributed by atoms with Gasteiger partial charge >= 0.3 is 11.9 Å². The second-order valence-corrected chi connectivity index (χ2v) is 14.4. The number of allylic oxidation sites excluding steroid dienone is 2. The van der Waals surface area contributed by atoms with Crippen LogP contribution in [0, 0.1) is 0 Å². The molecule has 0 aromatic heterocycles. The third-order valence-corrected chi connectivity index (χ3v) is 9.56. The lowest BCUT2D eigenvalue weighted by Crippen LogP contribution is -2.28. The summed E-state index contributed by atoms with van der Waals surface area (Å²) in [7, 11) is 0. The second-order valence-electron chi connectivity index (χ2n) is 14.4. The lowest BCUT2D eigenvalue weighted by atomic mass is 10.0. The van der Waals surface area contributed by atoms with E-state index in [0.29, 0.717) is 12.8 Å². The van der Waals surface area contributed by atoms with Crippen LogP contribution in [0.25, 0.3) is 0 Å². The maximum absolute atomic E-state index is 12.2. The van der Waals surface area contributed by atoms with Gasteiger partial charge in [0, 0.05) is 12.8 Å². The first-order chi connectivity index (χ1) is 23.6. The molecule has 0 heterocycles.